The van der Waals surface area contributed by atoms with Crippen molar-refractivity contribution in [2.45, 2.75) is 38.5 Å². The van der Waals surface area contributed by atoms with Crippen molar-refractivity contribution in [3.05, 3.63) is 28.2 Å². The van der Waals surface area contributed by atoms with Crippen LogP contribution in [0.5, 0.6) is 0 Å². The van der Waals surface area contributed by atoms with Crippen LogP contribution < -0.4 is 5.32 Å². The molecule has 1 aromatic carbocycles. The van der Waals surface area contributed by atoms with Gasteiger partial charge in [-0.05, 0) is 47.0 Å². The molecule has 108 valence electrons. The number of hydrogen-bond acceptors (Lipinski definition) is 2. The van der Waals surface area contributed by atoms with Gasteiger partial charge in [-0.1, -0.05) is 13.8 Å². The molecule has 19 heavy (non-hydrogen) atoms. The molecule has 0 saturated carbocycles. The second-order valence-electron chi connectivity index (χ2n) is 4.48. The Bertz CT molecular complexity index is 430. The van der Waals surface area contributed by atoms with Crippen molar-refractivity contribution in [3.63, 3.8) is 0 Å². The number of hydrogen-bond donors (Lipinski definition) is 2. The van der Waals surface area contributed by atoms with Gasteiger partial charge in [0, 0.05) is 16.7 Å². The fourth-order valence-corrected chi connectivity index (χ4v) is 1.98. The summed E-state index contributed by atoms with van der Waals surface area (Å²) in [6, 6.07) is 3.40. The number of nitrogens with one attached hydrogen (secondary N) is 1. The van der Waals surface area contributed by atoms with E-state index in [1.54, 1.807) is 0 Å². The summed E-state index contributed by atoms with van der Waals surface area (Å²) in [5, 5.41) is 13.0. The van der Waals surface area contributed by atoms with E-state index in [2.05, 4.69) is 21.2 Å². The maximum Gasteiger partial charge on any atom is 0.416 e. The van der Waals surface area contributed by atoms with Gasteiger partial charge in [0.05, 0.1) is 11.2 Å². The highest BCUT2D eigenvalue weighted by Gasteiger charge is 2.31. The van der Waals surface area contributed by atoms with Crippen LogP contribution in [0, 0.1) is 0 Å². The second-order valence-corrected chi connectivity index (χ2v) is 5.33. The number of rotatable bonds is 5. The minimum atomic E-state index is -4.37. The molecule has 0 saturated heterocycles. The maximum absolute atomic E-state index is 12.6. The lowest BCUT2D eigenvalue weighted by Crippen LogP contribution is -2.35. The number of anilines is 1. The first kappa shape index (κ1) is 16.3. The van der Waals surface area contributed by atoms with Crippen molar-refractivity contribution >= 4 is 21.6 Å². The molecule has 0 fully saturated rings. The van der Waals surface area contributed by atoms with Crippen LogP contribution in [0.4, 0.5) is 18.9 Å². The molecule has 0 spiro atoms. The first-order valence-corrected chi connectivity index (χ1v) is 6.84. The highest BCUT2D eigenvalue weighted by atomic mass is 79.9. The van der Waals surface area contributed by atoms with E-state index in [4.69, 9.17) is 0 Å². The first-order valence-electron chi connectivity index (χ1n) is 6.05. The van der Waals surface area contributed by atoms with Gasteiger partial charge >= 0.3 is 6.18 Å². The van der Waals surface area contributed by atoms with E-state index in [1.807, 2.05) is 13.8 Å². The van der Waals surface area contributed by atoms with Crippen molar-refractivity contribution < 1.29 is 18.3 Å². The van der Waals surface area contributed by atoms with Crippen LogP contribution in [-0.4, -0.2) is 17.3 Å². The van der Waals surface area contributed by atoms with E-state index in [9.17, 15) is 18.3 Å². The Kier molecular flexibility index (Phi) is 5.26. The van der Waals surface area contributed by atoms with Gasteiger partial charge in [0.2, 0.25) is 0 Å². The lowest BCUT2D eigenvalue weighted by atomic mass is 9.97. The molecule has 1 aromatic rings. The molecule has 0 aromatic heterocycles. The van der Waals surface area contributed by atoms with Gasteiger partial charge in [-0.2, -0.15) is 13.2 Å². The van der Waals surface area contributed by atoms with Crippen molar-refractivity contribution in [2.75, 3.05) is 11.9 Å². The Morgan fingerprint density at radius 3 is 2.26 bits per heavy atom. The Morgan fingerprint density at radius 2 is 1.79 bits per heavy atom. The maximum atomic E-state index is 12.6. The second kappa shape index (κ2) is 6.13. The van der Waals surface area contributed by atoms with Gasteiger partial charge in [-0.15, -0.1) is 0 Å². The van der Waals surface area contributed by atoms with E-state index in [0.717, 1.165) is 12.1 Å². The van der Waals surface area contributed by atoms with Crippen molar-refractivity contribution in [1.82, 2.24) is 0 Å². The molecule has 0 aliphatic rings. The number of benzene rings is 1. The first-order chi connectivity index (χ1) is 8.72. The summed E-state index contributed by atoms with van der Waals surface area (Å²) in [6.07, 6.45) is -3.30. The molecule has 0 heterocycles. The highest BCUT2D eigenvalue weighted by molar-refractivity contribution is 9.10. The van der Waals surface area contributed by atoms with E-state index in [1.165, 1.54) is 6.07 Å². The predicted molar refractivity (Wildman–Crippen MR) is 73.2 cm³/mol. The van der Waals surface area contributed by atoms with Crippen molar-refractivity contribution in [1.29, 1.82) is 0 Å². The molecule has 1 rings (SSSR count). The zero-order chi connectivity index (χ0) is 14.7. The molecule has 0 amide bonds. The third-order valence-electron chi connectivity index (χ3n) is 3.22. The van der Waals surface area contributed by atoms with E-state index in [-0.39, 0.29) is 6.54 Å². The number of aliphatic hydroxyl groups is 1. The smallest absolute Gasteiger partial charge is 0.388 e. The zero-order valence-corrected chi connectivity index (χ0v) is 12.4. The van der Waals surface area contributed by atoms with Gasteiger partial charge < -0.3 is 10.4 Å². The quantitative estimate of drug-likeness (QED) is 0.831. The Morgan fingerprint density at radius 1 is 1.21 bits per heavy atom. The van der Waals surface area contributed by atoms with Gasteiger partial charge in [0.25, 0.3) is 0 Å². The molecule has 2 N–H and O–H groups in total. The van der Waals surface area contributed by atoms with Crippen LogP contribution in [0.2, 0.25) is 0 Å². The summed E-state index contributed by atoms with van der Waals surface area (Å²) in [5.41, 5.74) is -1.29. The molecule has 0 atom stereocenters. The molecule has 0 aliphatic heterocycles. The summed E-state index contributed by atoms with van der Waals surface area (Å²) < 4.78 is 38.4. The summed E-state index contributed by atoms with van der Waals surface area (Å²) >= 11 is 3.20. The molecular weight excluding hydrogens is 323 g/mol. The number of halogens is 4. The minimum Gasteiger partial charge on any atom is -0.388 e. The zero-order valence-electron chi connectivity index (χ0n) is 10.8. The SMILES string of the molecule is CCC(O)(CC)CNc1cc(C(F)(F)F)ccc1Br. The van der Waals surface area contributed by atoms with Gasteiger partial charge in [0.1, 0.15) is 0 Å². The third kappa shape index (κ3) is 4.38. The third-order valence-corrected chi connectivity index (χ3v) is 3.91. The van der Waals surface area contributed by atoms with Crippen LogP contribution in [0.3, 0.4) is 0 Å². The van der Waals surface area contributed by atoms with Crippen LogP contribution in [0.1, 0.15) is 32.3 Å². The number of alkyl halides is 3. The fraction of sp³-hybridized carbons (Fsp3) is 0.538. The lowest BCUT2D eigenvalue weighted by molar-refractivity contribution is -0.137. The van der Waals surface area contributed by atoms with Crippen molar-refractivity contribution in [3.8, 4) is 0 Å². The lowest BCUT2D eigenvalue weighted by Gasteiger charge is -2.26. The Labute approximate surface area is 119 Å². The van der Waals surface area contributed by atoms with Crippen LogP contribution in [-0.2, 0) is 6.18 Å². The van der Waals surface area contributed by atoms with Crippen LogP contribution in [0.25, 0.3) is 0 Å². The van der Waals surface area contributed by atoms with Crippen LogP contribution >= 0.6 is 15.9 Å². The summed E-state index contributed by atoms with van der Waals surface area (Å²) in [6.45, 7) is 3.89. The fourth-order valence-electron chi connectivity index (χ4n) is 1.60. The van der Waals surface area contributed by atoms with E-state index < -0.39 is 17.3 Å². The van der Waals surface area contributed by atoms with Gasteiger partial charge in [0.15, 0.2) is 0 Å². The largest absolute Gasteiger partial charge is 0.416 e. The molecule has 0 radical (unpaired) electrons. The standard InChI is InChI=1S/C13H17BrF3NO/c1-3-12(19,4-2)8-18-11-7-9(13(15,16)17)5-6-10(11)14/h5-7,18-19H,3-4,8H2,1-2H3. The van der Waals surface area contributed by atoms with E-state index in [0.29, 0.717) is 23.0 Å². The van der Waals surface area contributed by atoms with Crippen molar-refractivity contribution in [2.24, 2.45) is 0 Å². The molecule has 2 nitrogen and oxygen atoms in total. The monoisotopic (exact) mass is 339 g/mol. The summed E-state index contributed by atoms with van der Waals surface area (Å²) in [5.74, 6) is 0. The summed E-state index contributed by atoms with van der Waals surface area (Å²) in [7, 11) is 0. The minimum absolute atomic E-state index is 0.208. The van der Waals surface area contributed by atoms with Crippen LogP contribution in [0.15, 0.2) is 22.7 Å². The molecular formula is C13H17BrF3NO. The predicted octanol–water partition coefficient (Wildman–Crippen LogP) is 4.43. The normalized spacial score (nSPS) is 12.6. The average Bonchev–Trinajstić information content (AvgIpc) is 2.36. The molecule has 0 bridgehead atoms. The highest BCUT2D eigenvalue weighted by Crippen LogP contribution is 2.34. The Hall–Kier alpha value is -0.750. The molecule has 0 unspecified atom stereocenters. The van der Waals surface area contributed by atoms with Gasteiger partial charge in [-0.25, -0.2) is 0 Å². The van der Waals surface area contributed by atoms with E-state index >= 15 is 0 Å². The molecule has 0 aliphatic carbocycles. The molecule has 6 heteroatoms. The Balaban J connectivity index is 2.89. The van der Waals surface area contributed by atoms with Gasteiger partial charge in [-0.3, -0.25) is 0 Å². The topological polar surface area (TPSA) is 32.3 Å². The average molecular weight is 340 g/mol. The summed E-state index contributed by atoms with van der Waals surface area (Å²) in [4.78, 5) is 0.